The van der Waals surface area contributed by atoms with Crippen molar-refractivity contribution in [2.24, 2.45) is 5.92 Å². The zero-order chi connectivity index (χ0) is 16.5. The van der Waals surface area contributed by atoms with Crippen molar-refractivity contribution in [3.63, 3.8) is 0 Å². The van der Waals surface area contributed by atoms with Crippen LogP contribution in [0.3, 0.4) is 0 Å². The number of hydrogen-bond donors (Lipinski definition) is 1. The molecule has 5 nitrogen and oxygen atoms in total. The van der Waals surface area contributed by atoms with Gasteiger partial charge in [-0.1, -0.05) is 31.5 Å². The van der Waals surface area contributed by atoms with E-state index in [0.29, 0.717) is 12.5 Å². The van der Waals surface area contributed by atoms with Gasteiger partial charge < -0.3 is 5.32 Å². The number of rotatable bonds is 5. The van der Waals surface area contributed by atoms with Crippen molar-refractivity contribution in [1.82, 2.24) is 5.32 Å². The van der Waals surface area contributed by atoms with Gasteiger partial charge in [0.2, 0.25) is 0 Å². The Morgan fingerprint density at radius 2 is 1.77 bits per heavy atom. The summed E-state index contributed by atoms with van der Waals surface area (Å²) in [4.78, 5) is 0.191. The normalized spacial score (nSPS) is 24.7. The van der Waals surface area contributed by atoms with E-state index in [9.17, 15) is 16.8 Å². The van der Waals surface area contributed by atoms with E-state index in [2.05, 4.69) is 5.32 Å². The molecule has 0 unspecified atom stereocenters. The summed E-state index contributed by atoms with van der Waals surface area (Å²) in [6.45, 7) is 6.48. The predicted molar refractivity (Wildman–Crippen MR) is 87.4 cm³/mol. The van der Waals surface area contributed by atoms with E-state index in [0.717, 1.165) is 5.56 Å². The van der Waals surface area contributed by atoms with Gasteiger partial charge in [0.15, 0.2) is 19.7 Å². The summed E-state index contributed by atoms with van der Waals surface area (Å²) >= 11 is 0. The second-order valence-electron chi connectivity index (χ2n) is 6.38. The van der Waals surface area contributed by atoms with Crippen LogP contribution in [0.25, 0.3) is 0 Å². The second-order valence-corrected chi connectivity index (χ2v) is 10.7. The molecule has 1 aromatic carbocycles. The van der Waals surface area contributed by atoms with Gasteiger partial charge in [-0.2, -0.15) is 0 Å². The summed E-state index contributed by atoms with van der Waals surface area (Å²) in [6.07, 6.45) is 0. The third-order valence-corrected chi connectivity index (χ3v) is 8.00. The fraction of sp³-hybridized carbons (Fsp3) is 0.600. The van der Waals surface area contributed by atoms with E-state index in [-0.39, 0.29) is 16.4 Å². The molecule has 1 saturated heterocycles. The Kier molecular flexibility index (Phi) is 4.99. The fourth-order valence-electron chi connectivity index (χ4n) is 2.60. The van der Waals surface area contributed by atoms with Crippen molar-refractivity contribution in [3.05, 3.63) is 29.8 Å². The number of benzene rings is 1. The average Bonchev–Trinajstić information content (AvgIpc) is 2.73. The molecule has 1 heterocycles. The molecular weight excluding hydrogens is 322 g/mol. The lowest BCUT2D eigenvalue weighted by molar-refractivity contribution is 0.480. The topological polar surface area (TPSA) is 80.3 Å². The van der Waals surface area contributed by atoms with Crippen LogP contribution in [-0.2, 0) is 19.7 Å². The molecule has 0 aliphatic carbocycles. The highest BCUT2D eigenvalue weighted by molar-refractivity contribution is 7.96. The van der Waals surface area contributed by atoms with Crippen LogP contribution in [0.5, 0.6) is 0 Å². The molecule has 0 radical (unpaired) electrons. The van der Waals surface area contributed by atoms with Crippen LogP contribution in [0.4, 0.5) is 0 Å². The maximum Gasteiger partial charge on any atom is 0.183 e. The summed E-state index contributed by atoms with van der Waals surface area (Å²) < 4.78 is 49.4. The van der Waals surface area contributed by atoms with Crippen LogP contribution in [0, 0.1) is 12.8 Å². The van der Waals surface area contributed by atoms with E-state index in [1.54, 1.807) is 24.3 Å². The van der Waals surface area contributed by atoms with Crippen LogP contribution in [0.2, 0.25) is 0 Å². The van der Waals surface area contributed by atoms with E-state index in [4.69, 9.17) is 0 Å². The second kappa shape index (κ2) is 6.29. The van der Waals surface area contributed by atoms with Crippen molar-refractivity contribution < 1.29 is 16.8 Å². The predicted octanol–water partition coefficient (Wildman–Crippen LogP) is 1.18. The Morgan fingerprint density at radius 3 is 2.32 bits per heavy atom. The van der Waals surface area contributed by atoms with E-state index < -0.39 is 31.0 Å². The first-order valence-corrected chi connectivity index (χ1v) is 10.7. The third kappa shape index (κ3) is 3.88. The lowest BCUT2D eigenvalue weighted by atomic mass is 10.2. The Balaban J connectivity index is 2.32. The lowest BCUT2D eigenvalue weighted by Crippen LogP contribution is -2.44. The fourth-order valence-corrected chi connectivity index (χ4v) is 7.32. The monoisotopic (exact) mass is 345 g/mol. The summed E-state index contributed by atoms with van der Waals surface area (Å²) in [5, 5.41) is 2.20. The van der Waals surface area contributed by atoms with Gasteiger partial charge in [-0.15, -0.1) is 0 Å². The van der Waals surface area contributed by atoms with Gasteiger partial charge in [-0.05, 0) is 31.5 Å². The molecule has 1 N–H and O–H groups in total. The van der Waals surface area contributed by atoms with Gasteiger partial charge in [0.05, 0.1) is 21.7 Å². The van der Waals surface area contributed by atoms with Gasteiger partial charge in [-0.3, -0.25) is 0 Å². The SMILES string of the molecule is Cc1ccc(S(=O)(=O)[C@@H]2CS(=O)(=O)C[C@H]2NCC(C)C)cc1. The molecule has 22 heavy (non-hydrogen) atoms. The molecular formula is C15H23NO4S2. The van der Waals surface area contributed by atoms with Crippen LogP contribution >= 0.6 is 0 Å². The van der Waals surface area contributed by atoms with Gasteiger partial charge in [0, 0.05) is 6.04 Å². The first kappa shape index (κ1) is 17.4. The van der Waals surface area contributed by atoms with Crippen molar-refractivity contribution in [2.75, 3.05) is 18.1 Å². The molecule has 2 rings (SSSR count). The average molecular weight is 345 g/mol. The maximum atomic E-state index is 12.8. The standard InChI is InChI=1S/C15H23NO4S2/c1-11(2)8-16-14-9-21(17,18)10-15(14)22(19,20)13-6-4-12(3)5-7-13/h4-7,11,14-16H,8-10H2,1-3H3/t14-,15-/m1/s1. The first-order chi connectivity index (χ1) is 10.1. The third-order valence-electron chi connectivity index (χ3n) is 3.84. The first-order valence-electron chi connectivity index (χ1n) is 7.36. The van der Waals surface area contributed by atoms with Gasteiger partial charge in [0.1, 0.15) is 0 Å². The van der Waals surface area contributed by atoms with Crippen molar-refractivity contribution >= 4 is 19.7 Å². The molecule has 0 saturated carbocycles. The molecule has 1 aliphatic heterocycles. The Hall–Kier alpha value is -0.920. The molecule has 1 fully saturated rings. The number of hydrogen-bond acceptors (Lipinski definition) is 5. The number of aryl methyl sites for hydroxylation is 1. The Labute approximate surface area is 133 Å². The zero-order valence-corrected chi connectivity index (χ0v) is 14.7. The van der Waals surface area contributed by atoms with Gasteiger partial charge >= 0.3 is 0 Å². The quantitative estimate of drug-likeness (QED) is 0.867. The number of sulfone groups is 2. The highest BCUT2D eigenvalue weighted by atomic mass is 32.2. The van der Waals surface area contributed by atoms with Crippen molar-refractivity contribution in [3.8, 4) is 0 Å². The molecule has 0 amide bonds. The van der Waals surface area contributed by atoms with E-state index in [1.165, 1.54) is 0 Å². The number of nitrogens with one attached hydrogen (secondary N) is 1. The van der Waals surface area contributed by atoms with Gasteiger partial charge in [-0.25, -0.2) is 16.8 Å². The van der Waals surface area contributed by atoms with Crippen LogP contribution in [-0.4, -0.2) is 46.2 Å². The van der Waals surface area contributed by atoms with E-state index >= 15 is 0 Å². The minimum atomic E-state index is -3.67. The van der Waals surface area contributed by atoms with Crippen molar-refractivity contribution in [2.45, 2.75) is 37.0 Å². The molecule has 0 spiro atoms. The molecule has 0 aromatic heterocycles. The van der Waals surface area contributed by atoms with Crippen molar-refractivity contribution in [1.29, 1.82) is 0 Å². The Morgan fingerprint density at radius 1 is 1.18 bits per heavy atom. The molecule has 7 heteroatoms. The minimum Gasteiger partial charge on any atom is -0.311 e. The van der Waals surface area contributed by atoms with E-state index in [1.807, 2.05) is 20.8 Å². The summed E-state index contributed by atoms with van der Waals surface area (Å²) in [6, 6.07) is 6.02. The summed E-state index contributed by atoms with van der Waals surface area (Å²) in [7, 11) is -7.00. The summed E-state index contributed by atoms with van der Waals surface area (Å²) in [5.74, 6) is -0.0971. The minimum absolute atomic E-state index is 0.116. The highest BCUT2D eigenvalue weighted by Crippen LogP contribution is 2.26. The largest absolute Gasteiger partial charge is 0.311 e. The summed E-state index contributed by atoms with van der Waals surface area (Å²) in [5.41, 5.74) is 0.965. The van der Waals surface area contributed by atoms with Crippen LogP contribution in [0.1, 0.15) is 19.4 Å². The van der Waals surface area contributed by atoms with Crippen LogP contribution in [0.15, 0.2) is 29.2 Å². The smallest absolute Gasteiger partial charge is 0.183 e. The molecule has 1 aliphatic rings. The molecule has 124 valence electrons. The lowest BCUT2D eigenvalue weighted by Gasteiger charge is -2.21. The maximum absolute atomic E-state index is 12.8. The van der Waals surface area contributed by atoms with Crippen LogP contribution < -0.4 is 5.32 Å². The Bertz CT molecular complexity index is 721. The highest BCUT2D eigenvalue weighted by Gasteiger charge is 2.45. The van der Waals surface area contributed by atoms with Gasteiger partial charge in [0.25, 0.3) is 0 Å². The molecule has 2 atom stereocenters. The molecule has 1 aromatic rings. The zero-order valence-electron chi connectivity index (χ0n) is 13.1. The molecule has 0 bridgehead atoms.